The van der Waals surface area contributed by atoms with Crippen LogP contribution in [-0.4, -0.2) is 4.57 Å². The monoisotopic (exact) mass is 374 g/mol. The summed E-state index contributed by atoms with van der Waals surface area (Å²) in [6.07, 6.45) is 2.27. The molecule has 0 atom stereocenters. The zero-order valence-corrected chi connectivity index (χ0v) is 16.1. The van der Waals surface area contributed by atoms with Gasteiger partial charge in [0.05, 0.1) is 6.04 Å². The summed E-state index contributed by atoms with van der Waals surface area (Å²) in [5.41, 5.74) is 13.0. The summed E-state index contributed by atoms with van der Waals surface area (Å²) in [4.78, 5) is 0. The molecule has 2 heteroatoms. The van der Waals surface area contributed by atoms with Crippen LogP contribution in [-0.2, 0) is 0 Å². The van der Waals surface area contributed by atoms with Crippen molar-refractivity contribution in [2.24, 2.45) is 0 Å². The maximum atomic E-state index is 6.17. The molecule has 0 radical (unpaired) electrons. The second-order valence-electron chi connectivity index (χ2n) is 7.32. The van der Waals surface area contributed by atoms with Gasteiger partial charge in [-0.15, -0.1) is 0 Å². The van der Waals surface area contributed by atoms with E-state index < -0.39 is 0 Å². The lowest BCUT2D eigenvalue weighted by molar-refractivity contribution is 0.705. The first-order chi connectivity index (χ1) is 14.3. The van der Waals surface area contributed by atoms with Crippen molar-refractivity contribution in [2.45, 2.75) is 6.04 Å². The largest absolute Gasteiger partial charge is 0.399 e. The van der Waals surface area contributed by atoms with Crippen LogP contribution in [0.2, 0.25) is 0 Å². The van der Waals surface area contributed by atoms with Crippen molar-refractivity contribution in [1.82, 2.24) is 4.57 Å². The molecule has 1 aromatic heterocycles. The maximum Gasteiger partial charge on any atom is 0.0839 e. The Morgan fingerprint density at radius 3 is 1.76 bits per heavy atom. The van der Waals surface area contributed by atoms with Gasteiger partial charge >= 0.3 is 0 Å². The van der Waals surface area contributed by atoms with Gasteiger partial charge in [0.15, 0.2) is 0 Å². The highest BCUT2D eigenvalue weighted by atomic mass is 15.0. The first-order valence-corrected chi connectivity index (χ1v) is 9.86. The predicted octanol–water partition coefficient (Wildman–Crippen LogP) is 6.53. The number of fused-ring (bicyclic) bond motifs is 1. The number of rotatable bonds is 4. The van der Waals surface area contributed by atoms with Gasteiger partial charge < -0.3 is 10.3 Å². The number of nitrogen functional groups attached to an aromatic ring is 1. The van der Waals surface area contributed by atoms with Gasteiger partial charge in [0, 0.05) is 28.4 Å². The van der Waals surface area contributed by atoms with E-state index in [0.29, 0.717) is 0 Å². The van der Waals surface area contributed by atoms with Crippen molar-refractivity contribution >= 4 is 16.6 Å². The summed E-state index contributed by atoms with van der Waals surface area (Å²) >= 11 is 0. The fourth-order valence-electron chi connectivity index (χ4n) is 4.12. The smallest absolute Gasteiger partial charge is 0.0839 e. The van der Waals surface area contributed by atoms with Gasteiger partial charge in [-0.25, -0.2) is 0 Å². The van der Waals surface area contributed by atoms with Gasteiger partial charge in [0.25, 0.3) is 0 Å². The second-order valence-corrected chi connectivity index (χ2v) is 7.32. The molecular formula is C27H22N2. The molecule has 0 fully saturated rings. The molecule has 2 nitrogen and oxygen atoms in total. The quantitative estimate of drug-likeness (QED) is 0.356. The lowest BCUT2D eigenvalue weighted by atomic mass is 9.98. The van der Waals surface area contributed by atoms with Gasteiger partial charge in [-0.2, -0.15) is 0 Å². The Balaban J connectivity index is 1.80. The van der Waals surface area contributed by atoms with E-state index >= 15 is 0 Å². The Bertz CT molecular complexity index is 1200. The summed E-state index contributed by atoms with van der Waals surface area (Å²) < 4.78 is 2.38. The topological polar surface area (TPSA) is 30.9 Å². The van der Waals surface area contributed by atoms with Gasteiger partial charge in [0.2, 0.25) is 0 Å². The van der Waals surface area contributed by atoms with Gasteiger partial charge in [-0.05, 0) is 34.9 Å². The number of hydrogen-bond donors (Lipinski definition) is 1. The van der Waals surface area contributed by atoms with E-state index in [0.717, 1.165) is 5.69 Å². The van der Waals surface area contributed by atoms with Crippen LogP contribution in [0.3, 0.4) is 0 Å². The fourth-order valence-corrected chi connectivity index (χ4v) is 4.12. The van der Waals surface area contributed by atoms with Crippen molar-refractivity contribution in [3.63, 3.8) is 0 Å². The highest BCUT2D eigenvalue weighted by molar-refractivity contribution is 5.98. The van der Waals surface area contributed by atoms with Crippen LogP contribution in [0.5, 0.6) is 0 Å². The Kier molecular flexibility index (Phi) is 4.38. The Morgan fingerprint density at radius 1 is 0.621 bits per heavy atom. The average Bonchev–Trinajstić information content (AvgIpc) is 3.14. The fraction of sp³-hybridized carbons (Fsp3) is 0.0370. The molecule has 0 unspecified atom stereocenters. The Morgan fingerprint density at radius 2 is 1.17 bits per heavy atom. The number of nitrogens with two attached hydrogens (primary N) is 1. The summed E-state index contributed by atoms with van der Waals surface area (Å²) in [7, 11) is 0. The maximum absolute atomic E-state index is 6.17. The molecule has 0 saturated heterocycles. The zero-order valence-electron chi connectivity index (χ0n) is 16.1. The third kappa shape index (κ3) is 3.19. The minimum atomic E-state index is 0.0842. The number of benzene rings is 4. The van der Waals surface area contributed by atoms with Crippen molar-refractivity contribution in [2.75, 3.05) is 5.73 Å². The van der Waals surface area contributed by atoms with Crippen LogP contribution >= 0.6 is 0 Å². The zero-order chi connectivity index (χ0) is 19.6. The molecule has 0 aliphatic carbocycles. The molecule has 5 aromatic rings. The number of hydrogen-bond acceptors (Lipinski definition) is 1. The van der Waals surface area contributed by atoms with Crippen LogP contribution in [0.1, 0.15) is 17.2 Å². The van der Waals surface area contributed by atoms with Crippen LogP contribution in [0.4, 0.5) is 5.69 Å². The van der Waals surface area contributed by atoms with Crippen LogP contribution in [0.25, 0.3) is 22.0 Å². The van der Waals surface area contributed by atoms with Crippen LogP contribution < -0.4 is 5.73 Å². The molecule has 2 N–H and O–H groups in total. The molecule has 0 aliphatic rings. The third-order valence-corrected chi connectivity index (χ3v) is 5.45. The van der Waals surface area contributed by atoms with Crippen LogP contribution in [0, 0.1) is 0 Å². The molecule has 4 aromatic carbocycles. The molecule has 5 rings (SSSR count). The summed E-state index contributed by atoms with van der Waals surface area (Å²) in [6, 6.07) is 38.1. The molecule has 1 heterocycles. The molecule has 0 amide bonds. The van der Waals surface area contributed by atoms with Gasteiger partial charge in [0.1, 0.15) is 0 Å². The van der Waals surface area contributed by atoms with Crippen LogP contribution in [0.15, 0.2) is 115 Å². The first-order valence-electron chi connectivity index (χ1n) is 9.86. The van der Waals surface area contributed by atoms with Crippen molar-refractivity contribution < 1.29 is 0 Å². The highest BCUT2D eigenvalue weighted by Gasteiger charge is 2.20. The number of aromatic nitrogens is 1. The van der Waals surface area contributed by atoms with E-state index in [1.54, 1.807) is 0 Å². The summed E-state index contributed by atoms with van der Waals surface area (Å²) in [6.45, 7) is 0. The number of anilines is 1. The first kappa shape index (κ1) is 17.3. The Hall–Kier alpha value is -3.78. The van der Waals surface area contributed by atoms with Crippen molar-refractivity contribution in [1.29, 1.82) is 0 Å². The van der Waals surface area contributed by atoms with Crippen molar-refractivity contribution in [3.05, 3.63) is 127 Å². The highest BCUT2D eigenvalue weighted by Crippen LogP contribution is 2.37. The van der Waals surface area contributed by atoms with Gasteiger partial charge in [-0.1, -0.05) is 91.0 Å². The molecule has 140 valence electrons. The second kappa shape index (κ2) is 7.33. The van der Waals surface area contributed by atoms with E-state index in [4.69, 9.17) is 5.73 Å². The Labute approximate surface area is 170 Å². The SMILES string of the molecule is Nc1ccc2c(c1)c(-c1ccccc1)cn2C(c1ccccc1)c1ccccc1. The summed E-state index contributed by atoms with van der Waals surface area (Å²) in [5.74, 6) is 0. The molecule has 0 aliphatic heterocycles. The molecule has 0 saturated carbocycles. The van der Waals surface area contributed by atoms with E-state index in [-0.39, 0.29) is 6.04 Å². The average molecular weight is 374 g/mol. The normalized spacial score (nSPS) is 11.2. The number of nitrogens with zero attached hydrogens (tertiary/aromatic N) is 1. The standard InChI is InChI=1S/C27H22N2/c28-23-16-17-26-24(18-23)25(20-10-4-1-5-11-20)19-29(26)27(21-12-6-2-7-13-21)22-14-8-3-9-15-22/h1-19,27H,28H2. The lowest BCUT2D eigenvalue weighted by Gasteiger charge is -2.21. The van der Waals surface area contributed by atoms with E-state index in [9.17, 15) is 0 Å². The van der Waals surface area contributed by atoms with E-state index in [2.05, 4.69) is 108 Å². The molecule has 0 bridgehead atoms. The molecule has 29 heavy (non-hydrogen) atoms. The third-order valence-electron chi connectivity index (χ3n) is 5.45. The van der Waals surface area contributed by atoms with Gasteiger partial charge in [-0.3, -0.25) is 0 Å². The van der Waals surface area contributed by atoms with Crippen molar-refractivity contribution in [3.8, 4) is 11.1 Å². The minimum Gasteiger partial charge on any atom is -0.399 e. The predicted molar refractivity (Wildman–Crippen MR) is 122 cm³/mol. The molecular weight excluding hydrogens is 352 g/mol. The summed E-state index contributed by atoms with van der Waals surface area (Å²) in [5, 5.41) is 1.17. The minimum absolute atomic E-state index is 0.0842. The van der Waals surface area contributed by atoms with E-state index in [1.165, 1.54) is 33.2 Å². The lowest BCUT2D eigenvalue weighted by Crippen LogP contribution is -2.11. The van der Waals surface area contributed by atoms with E-state index in [1.807, 2.05) is 12.1 Å². The molecule has 0 spiro atoms.